The summed E-state index contributed by atoms with van der Waals surface area (Å²) in [6.45, 7) is 2.66. The van der Waals surface area contributed by atoms with Crippen molar-refractivity contribution >= 4 is 17.4 Å². The molecule has 1 saturated heterocycles. The molecule has 0 bridgehead atoms. The highest BCUT2D eigenvalue weighted by Gasteiger charge is 2.19. The summed E-state index contributed by atoms with van der Waals surface area (Å²) in [5.41, 5.74) is 1.42. The maximum Gasteiger partial charge on any atom is 0.255 e. The third-order valence-electron chi connectivity index (χ3n) is 3.95. The highest BCUT2D eigenvalue weighted by Crippen LogP contribution is 2.34. The molecule has 0 spiro atoms. The number of nitrogens with zero attached hydrogens (tertiary/aromatic N) is 2. The number of fused-ring (bicyclic) bond motifs is 1. The van der Waals surface area contributed by atoms with Gasteiger partial charge in [0.15, 0.2) is 11.5 Å². The van der Waals surface area contributed by atoms with Gasteiger partial charge in [-0.05, 0) is 24.3 Å². The number of aromatic nitrogens is 1. The lowest BCUT2D eigenvalue weighted by atomic mass is 10.2. The Labute approximate surface area is 139 Å². The molecule has 124 valence electrons. The van der Waals surface area contributed by atoms with Crippen LogP contribution in [0.2, 0.25) is 0 Å². The monoisotopic (exact) mass is 327 g/mol. The van der Waals surface area contributed by atoms with E-state index in [9.17, 15) is 4.79 Å². The van der Waals surface area contributed by atoms with Crippen molar-refractivity contribution in [3.8, 4) is 11.5 Å². The highest BCUT2D eigenvalue weighted by atomic mass is 16.7. The normalized spacial score (nSPS) is 16.1. The summed E-state index contributed by atoms with van der Waals surface area (Å²) < 4.78 is 15.9. The fourth-order valence-corrected chi connectivity index (χ4v) is 2.67. The third-order valence-corrected chi connectivity index (χ3v) is 3.95. The van der Waals surface area contributed by atoms with Crippen LogP contribution in [-0.4, -0.2) is 48.9 Å². The molecular weight excluding hydrogens is 310 g/mol. The number of rotatable bonds is 3. The number of amides is 1. The second-order valence-electron chi connectivity index (χ2n) is 5.53. The quantitative estimate of drug-likeness (QED) is 0.930. The van der Waals surface area contributed by atoms with E-state index in [1.807, 2.05) is 18.2 Å². The molecule has 2 aliphatic rings. The van der Waals surface area contributed by atoms with E-state index in [0.29, 0.717) is 43.4 Å². The van der Waals surface area contributed by atoms with Crippen molar-refractivity contribution in [1.29, 1.82) is 0 Å². The van der Waals surface area contributed by atoms with Gasteiger partial charge in [-0.2, -0.15) is 0 Å². The maximum atomic E-state index is 12.4. The minimum Gasteiger partial charge on any atom is -0.454 e. The molecule has 0 aliphatic carbocycles. The van der Waals surface area contributed by atoms with E-state index < -0.39 is 0 Å². The van der Waals surface area contributed by atoms with Crippen LogP contribution in [-0.2, 0) is 4.74 Å². The lowest BCUT2D eigenvalue weighted by Gasteiger charge is -2.26. The number of benzene rings is 1. The zero-order valence-electron chi connectivity index (χ0n) is 13.0. The highest BCUT2D eigenvalue weighted by molar-refractivity contribution is 5.94. The topological polar surface area (TPSA) is 72.9 Å². The second kappa shape index (κ2) is 6.37. The molecule has 7 heteroatoms. The smallest absolute Gasteiger partial charge is 0.255 e. The van der Waals surface area contributed by atoms with Crippen molar-refractivity contribution in [2.24, 2.45) is 0 Å². The summed E-state index contributed by atoms with van der Waals surface area (Å²) in [5.74, 6) is 2.09. The number of morpholine rings is 1. The lowest BCUT2D eigenvalue weighted by molar-refractivity contribution is 0.0302. The number of hydrogen-bond acceptors (Lipinski definition) is 6. The predicted octanol–water partition coefficient (Wildman–Crippen LogP) is 2.03. The number of pyridine rings is 1. The van der Waals surface area contributed by atoms with E-state index in [-0.39, 0.29) is 12.7 Å². The molecule has 1 fully saturated rings. The van der Waals surface area contributed by atoms with E-state index in [1.54, 1.807) is 23.2 Å². The summed E-state index contributed by atoms with van der Waals surface area (Å²) in [6, 6.07) is 9.16. The number of hydrogen-bond donors (Lipinski definition) is 1. The van der Waals surface area contributed by atoms with E-state index in [4.69, 9.17) is 14.2 Å². The summed E-state index contributed by atoms with van der Waals surface area (Å²) in [5, 5.41) is 3.19. The van der Waals surface area contributed by atoms with Crippen LogP contribution in [0.4, 0.5) is 11.5 Å². The Kier molecular flexibility index (Phi) is 3.92. The van der Waals surface area contributed by atoms with Gasteiger partial charge >= 0.3 is 0 Å². The molecule has 2 aromatic rings. The van der Waals surface area contributed by atoms with Crippen LogP contribution in [0.25, 0.3) is 0 Å². The first-order valence-electron chi connectivity index (χ1n) is 7.79. The van der Waals surface area contributed by atoms with Crippen molar-refractivity contribution in [1.82, 2.24) is 9.88 Å². The average Bonchev–Trinajstić information content (AvgIpc) is 3.10. The SMILES string of the molecule is O=C(c1ccc(Nc2ccc3c(c2)OCO3)nc1)N1CCOCC1. The lowest BCUT2D eigenvalue weighted by Crippen LogP contribution is -2.40. The molecule has 0 atom stereocenters. The number of carbonyl (C=O) groups excluding carboxylic acids is 1. The van der Waals surface area contributed by atoms with Crippen molar-refractivity contribution in [3.05, 3.63) is 42.1 Å². The van der Waals surface area contributed by atoms with Crippen molar-refractivity contribution in [3.63, 3.8) is 0 Å². The first-order chi connectivity index (χ1) is 11.8. The minimum absolute atomic E-state index is 0.0135. The molecule has 2 aliphatic heterocycles. The summed E-state index contributed by atoms with van der Waals surface area (Å²) in [4.78, 5) is 18.5. The van der Waals surface area contributed by atoms with Gasteiger partial charge in [0.25, 0.3) is 5.91 Å². The predicted molar refractivity (Wildman–Crippen MR) is 86.8 cm³/mol. The summed E-state index contributed by atoms with van der Waals surface area (Å²) in [6.07, 6.45) is 1.59. The fourth-order valence-electron chi connectivity index (χ4n) is 2.67. The third kappa shape index (κ3) is 2.98. The van der Waals surface area contributed by atoms with Gasteiger partial charge in [0.05, 0.1) is 18.8 Å². The number of nitrogens with one attached hydrogen (secondary N) is 1. The van der Waals surface area contributed by atoms with E-state index in [2.05, 4.69) is 10.3 Å². The molecule has 1 N–H and O–H groups in total. The number of ether oxygens (including phenoxy) is 3. The summed E-state index contributed by atoms with van der Waals surface area (Å²) in [7, 11) is 0. The van der Waals surface area contributed by atoms with Gasteiger partial charge in [0.1, 0.15) is 5.82 Å². The van der Waals surface area contributed by atoms with Gasteiger partial charge in [0, 0.05) is 31.0 Å². The van der Waals surface area contributed by atoms with Crippen molar-refractivity contribution in [2.75, 3.05) is 38.4 Å². The zero-order valence-corrected chi connectivity index (χ0v) is 13.0. The Morgan fingerprint density at radius 3 is 2.71 bits per heavy atom. The van der Waals surface area contributed by atoms with Crippen LogP contribution in [0.1, 0.15) is 10.4 Å². The standard InChI is InChI=1S/C17H17N3O4/c21-17(20-5-7-22-8-6-20)12-1-4-16(18-10-12)19-13-2-3-14-15(9-13)24-11-23-14/h1-4,9-10H,5-8,11H2,(H,18,19). The Morgan fingerprint density at radius 2 is 1.92 bits per heavy atom. The molecule has 0 saturated carbocycles. The molecule has 0 unspecified atom stereocenters. The summed E-state index contributed by atoms with van der Waals surface area (Å²) >= 11 is 0. The van der Waals surface area contributed by atoms with Gasteiger partial charge in [-0.15, -0.1) is 0 Å². The van der Waals surface area contributed by atoms with Gasteiger partial charge in [-0.25, -0.2) is 4.98 Å². The Bertz CT molecular complexity index is 742. The molecular formula is C17H17N3O4. The van der Waals surface area contributed by atoms with Crippen LogP contribution in [0, 0.1) is 0 Å². The van der Waals surface area contributed by atoms with E-state index >= 15 is 0 Å². The number of anilines is 2. The van der Waals surface area contributed by atoms with Gasteiger partial charge in [-0.1, -0.05) is 0 Å². The first-order valence-corrected chi connectivity index (χ1v) is 7.79. The van der Waals surface area contributed by atoms with Gasteiger partial charge in [-0.3, -0.25) is 4.79 Å². The fraction of sp³-hybridized carbons (Fsp3) is 0.294. The van der Waals surface area contributed by atoms with Crippen LogP contribution in [0.5, 0.6) is 11.5 Å². The molecule has 1 aromatic heterocycles. The average molecular weight is 327 g/mol. The Hall–Kier alpha value is -2.80. The van der Waals surface area contributed by atoms with E-state index in [1.165, 1.54) is 0 Å². The molecule has 24 heavy (non-hydrogen) atoms. The Balaban J connectivity index is 1.44. The van der Waals surface area contributed by atoms with Crippen LogP contribution < -0.4 is 14.8 Å². The maximum absolute atomic E-state index is 12.4. The molecule has 1 aromatic carbocycles. The second-order valence-corrected chi connectivity index (χ2v) is 5.53. The van der Waals surface area contributed by atoms with Crippen LogP contribution in [0.15, 0.2) is 36.5 Å². The first kappa shape index (κ1) is 14.8. The Morgan fingerprint density at radius 1 is 1.08 bits per heavy atom. The van der Waals surface area contributed by atoms with Crippen LogP contribution >= 0.6 is 0 Å². The minimum atomic E-state index is -0.0135. The molecule has 0 radical (unpaired) electrons. The molecule has 3 heterocycles. The van der Waals surface area contributed by atoms with E-state index in [0.717, 1.165) is 11.4 Å². The van der Waals surface area contributed by atoms with Gasteiger partial charge < -0.3 is 24.4 Å². The molecule has 4 rings (SSSR count). The number of carbonyl (C=O) groups is 1. The molecule has 7 nitrogen and oxygen atoms in total. The van der Waals surface area contributed by atoms with Crippen molar-refractivity contribution < 1.29 is 19.0 Å². The largest absolute Gasteiger partial charge is 0.454 e. The molecule has 1 amide bonds. The van der Waals surface area contributed by atoms with Crippen LogP contribution in [0.3, 0.4) is 0 Å². The van der Waals surface area contributed by atoms with Crippen molar-refractivity contribution in [2.45, 2.75) is 0 Å². The van der Waals surface area contributed by atoms with Gasteiger partial charge in [0.2, 0.25) is 6.79 Å². The zero-order chi connectivity index (χ0) is 16.4.